The van der Waals surface area contributed by atoms with Crippen molar-refractivity contribution in [3.8, 4) is 5.75 Å². The number of rotatable bonds is 4. The molecule has 116 valence electrons. The lowest BCUT2D eigenvalue weighted by molar-refractivity contribution is -0.00716. The van der Waals surface area contributed by atoms with Gasteiger partial charge in [-0.3, -0.25) is 4.79 Å². The van der Waals surface area contributed by atoms with E-state index >= 15 is 0 Å². The second kappa shape index (κ2) is 6.61. The highest BCUT2D eigenvalue weighted by Gasteiger charge is 2.40. The summed E-state index contributed by atoms with van der Waals surface area (Å²) >= 11 is 0. The lowest BCUT2D eigenvalue weighted by Crippen LogP contribution is -2.41. The lowest BCUT2D eigenvalue weighted by Gasteiger charge is -2.31. The van der Waals surface area contributed by atoms with Crippen molar-refractivity contribution in [2.75, 3.05) is 14.2 Å². The van der Waals surface area contributed by atoms with Crippen molar-refractivity contribution >= 4 is 5.78 Å². The predicted molar refractivity (Wildman–Crippen MR) is 84.2 cm³/mol. The lowest BCUT2D eigenvalue weighted by atomic mass is 9.83. The zero-order chi connectivity index (χ0) is 15.5. The Morgan fingerprint density at radius 2 is 1.67 bits per heavy atom. The number of ketones is 1. The van der Waals surface area contributed by atoms with Gasteiger partial charge in [-0.2, -0.15) is 0 Å². The smallest absolute Gasteiger partial charge is 0.198 e. The Morgan fingerprint density at radius 1 is 1.05 bits per heavy atom. The van der Waals surface area contributed by atoms with Gasteiger partial charge in [-0.15, -0.1) is 0 Å². The Labute approximate surface area is 127 Å². The summed E-state index contributed by atoms with van der Waals surface area (Å²) in [6.07, 6.45) is 6.07. The van der Waals surface area contributed by atoms with E-state index in [0.717, 1.165) is 36.8 Å². The molecule has 1 aliphatic carbocycles. The number of ether oxygens (including phenoxy) is 2. The number of carbonyl (C=O) groups excluding carboxylic acids is 1. The number of aryl methyl sites for hydroxylation is 2. The van der Waals surface area contributed by atoms with E-state index in [0.29, 0.717) is 11.3 Å². The molecule has 3 heteroatoms. The minimum Gasteiger partial charge on any atom is -0.496 e. The Hall–Kier alpha value is -1.35. The fraction of sp³-hybridized carbons (Fsp3) is 0.611. The molecule has 1 saturated carbocycles. The molecule has 21 heavy (non-hydrogen) atoms. The molecular weight excluding hydrogens is 264 g/mol. The van der Waals surface area contributed by atoms with Gasteiger partial charge < -0.3 is 9.47 Å². The fourth-order valence-electron chi connectivity index (χ4n) is 3.43. The molecule has 0 bridgehead atoms. The Balaban J connectivity index is 2.46. The maximum Gasteiger partial charge on any atom is 0.198 e. The maximum atomic E-state index is 13.2. The standard InChI is InChI=1S/C18H26O3/c1-13-11-14(2)16(15(12-13)20-3)17(19)18(21-4)9-7-5-6-8-10-18/h11-12H,5-10H2,1-4H3. The van der Waals surface area contributed by atoms with Crippen LogP contribution >= 0.6 is 0 Å². The number of benzene rings is 1. The molecule has 0 aliphatic heterocycles. The molecule has 0 unspecified atom stereocenters. The normalized spacial score (nSPS) is 18.1. The fourth-order valence-corrected chi connectivity index (χ4v) is 3.43. The zero-order valence-corrected chi connectivity index (χ0v) is 13.6. The molecule has 1 aromatic carbocycles. The SMILES string of the molecule is COc1cc(C)cc(C)c1C(=O)C1(OC)CCCCCC1. The van der Waals surface area contributed by atoms with Gasteiger partial charge in [-0.05, 0) is 43.9 Å². The number of carbonyl (C=O) groups is 1. The van der Waals surface area contributed by atoms with Crippen LogP contribution in [0.2, 0.25) is 0 Å². The van der Waals surface area contributed by atoms with Crippen LogP contribution in [-0.4, -0.2) is 25.6 Å². The van der Waals surface area contributed by atoms with E-state index in [1.54, 1.807) is 14.2 Å². The van der Waals surface area contributed by atoms with Crippen LogP contribution in [0.25, 0.3) is 0 Å². The maximum absolute atomic E-state index is 13.2. The summed E-state index contributed by atoms with van der Waals surface area (Å²) in [5, 5.41) is 0. The van der Waals surface area contributed by atoms with E-state index < -0.39 is 5.60 Å². The molecule has 0 N–H and O–H groups in total. The summed E-state index contributed by atoms with van der Waals surface area (Å²) in [4.78, 5) is 13.2. The van der Waals surface area contributed by atoms with Crippen LogP contribution in [0.5, 0.6) is 5.75 Å². The first-order valence-electron chi connectivity index (χ1n) is 7.79. The van der Waals surface area contributed by atoms with Crippen molar-refractivity contribution in [3.05, 3.63) is 28.8 Å². The van der Waals surface area contributed by atoms with Gasteiger partial charge in [0.1, 0.15) is 11.4 Å². The molecular formula is C18H26O3. The molecule has 0 amide bonds. The van der Waals surface area contributed by atoms with Crippen molar-refractivity contribution in [2.45, 2.75) is 58.0 Å². The van der Waals surface area contributed by atoms with E-state index in [-0.39, 0.29) is 5.78 Å². The van der Waals surface area contributed by atoms with Gasteiger partial charge in [0.25, 0.3) is 0 Å². The first-order chi connectivity index (χ1) is 10.0. The van der Waals surface area contributed by atoms with E-state index in [4.69, 9.17) is 9.47 Å². The van der Waals surface area contributed by atoms with E-state index in [2.05, 4.69) is 0 Å². The number of Topliss-reactive ketones (excluding diaryl/α,β-unsaturated/α-hetero) is 1. The molecule has 1 fully saturated rings. The summed E-state index contributed by atoms with van der Waals surface area (Å²) in [5.74, 6) is 0.749. The van der Waals surface area contributed by atoms with Gasteiger partial charge in [0.2, 0.25) is 0 Å². The molecule has 1 aliphatic rings. The highest BCUT2D eigenvalue weighted by Crippen LogP contribution is 2.36. The molecule has 0 spiro atoms. The number of methoxy groups -OCH3 is 2. The molecule has 2 rings (SSSR count). The van der Waals surface area contributed by atoms with Gasteiger partial charge in [-0.25, -0.2) is 0 Å². The second-order valence-electron chi connectivity index (χ2n) is 6.10. The summed E-state index contributed by atoms with van der Waals surface area (Å²) in [7, 11) is 3.29. The first kappa shape index (κ1) is 16.0. The van der Waals surface area contributed by atoms with Crippen molar-refractivity contribution in [2.24, 2.45) is 0 Å². The van der Waals surface area contributed by atoms with E-state index in [1.165, 1.54) is 12.8 Å². The van der Waals surface area contributed by atoms with E-state index in [1.807, 2.05) is 26.0 Å². The minimum atomic E-state index is -0.677. The van der Waals surface area contributed by atoms with Gasteiger partial charge in [0.15, 0.2) is 5.78 Å². The molecule has 3 nitrogen and oxygen atoms in total. The summed E-state index contributed by atoms with van der Waals surface area (Å²) in [6.45, 7) is 3.99. The Kier molecular flexibility index (Phi) is 5.04. The van der Waals surface area contributed by atoms with Crippen LogP contribution in [0.4, 0.5) is 0 Å². The van der Waals surface area contributed by atoms with Crippen LogP contribution < -0.4 is 4.74 Å². The summed E-state index contributed by atoms with van der Waals surface area (Å²) in [6, 6.07) is 3.97. The monoisotopic (exact) mass is 290 g/mol. The Morgan fingerprint density at radius 3 is 2.19 bits per heavy atom. The molecule has 0 atom stereocenters. The summed E-state index contributed by atoms with van der Waals surface area (Å²) in [5.41, 5.74) is 2.08. The Bertz CT molecular complexity index is 511. The number of hydrogen-bond donors (Lipinski definition) is 0. The molecule has 0 aromatic heterocycles. The van der Waals surface area contributed by atoms with Crippen molar-refractivity contribution in [1.82, 2.24) is 0 Å². The van der Waals surface area contributed by atoms with Gasteiger partial charge in [0.05, 0.1) is 12.7 Å². The van der Waals surface area contributed by atoms with Crippen molar-refractivity contribution < 1.29 is 14.3 Å². The summed E-state index contributed by atoms with van der Waals surface area (Å²) < 4.78 is 11.2. The predicted octanol–water partition coefficient (Wildman–Crippen LogP) is 4.23. The third-order valence-corrected chi connectivity index (χ3v) is 4.61. The van der Waals surface area contributed by atoms with Crippen LogP contribution in [0, 0.1) is 13.8 Å². The molecule has 0 heterocycles. The van der Waals surface area contributed by atoms with Crippen LogP contribution in [-0.2, 0) is 4.74 Å². The van der Waals surface area contributed by atoms with Crippen molar-refractivity contribution in [1.29, 1.82) is 0 Å². The molecule has 0 saturated heterocycles. The third kappa shape index (κ3) is 3.13. The van der Waals surface area contributed by atoms with Crippen LogP contribution in [0.15, 0.2) is 12.1 Å². The average Bonchev–Trinajstić information content (AvgIpc) is 2.72. The first-order valence-corrected chi connectivity index (χ1v) is 7.79. The third-order valence-electron chi connectivity index (χ3n) is 4.61. The zero-order valence-electron chi connectivity index (χ0n) is 13.6. The second-order valence-corrected chi connectivity index (χ2v) is 6.10. The van der Waals surface area contributed by atoms with E-state index in [9.17, 15) is 4.79 Å². The van der Waals surface area contributed by atoms with Crippen LogP contribution in [0.1, 0.15) is 60.0 Å². The quantitative estimate of drug-likeness (QED) is 0.615. The highest BCUT2D eigenvalue weighted by molar-refractivity contribution is 6.06. The largest absolute Gasteiger partial charge is 0.496 e. The minimum absolute atomic E-state index is 0.0845. The van der Waals surface area contributed by atoms with Gasteiger partial charge in [-0.1, -0.05) is 31.7 Å². The van der Waals surface area contributed by atoms with Gasteiger partial charge in [0, 0.05) is 7.11 Å². The van der Waals surface area contributed by atoms with Gasteiger partial charge >= 0.3 is 0 Å². The van der Waals surface area contributed by atoms with Crippen molar-refractivity contribution in [3.63, 3.8) is 0 Å². The highest BCUT2D eigenvalue weighted by atomic mass is 16.5. The molecule has 0 radical (unpaired) electrons. The topological polar surface area (TPSA) is 35.5 Å². The van der Waals surface area contributed by atoms with Crippen LogP contribution in [0.3, 0.4) is 0 Å². The molecule has 1 aromatic rings. The average molecular weight is 290 g/mol. The number of hydrogen-bond acceptors (Lipinski definition) is 3.